The molecule has 0 radical (unpaired) electrons. The molecule has 7 heteroatoms. The largest absolute Gasteiger partial charge is 0.338 e. The van der Waals surface area contributed by atoms with Gasteiger partial charge in [0, 0.05) is 43.6 Å². The molecular formula is C16H20N4O2S. The van der Waals surface area contributed by atoms with E-state index in [9.17, 15) is 4.79 Å². The molecule has 2 aromatic rings. The average Bonchev–Trinajstić information content (AvgIpc) is 3.25. The summed E-state index contributed by atoms with van der Waals surface area (Å²) in [7, 11) is 0. The summed E-state index contributed by atoms with van der Waals surface area (Å²) in [4.78, 5) is 21.7. The summed E-state index contributed by atoms with van der Waals surface area (Å²) < 4.78 is 5.22. The highest BCUT2D eigenvalue weighted by Crippen LogP contribution is 2.12. The average molecular weight is 332 g/mol. The normalized spacial score (nSPS) is 16.3. The number of carbonyl (C=O) groups is 1. The Bertz CT molecular complexity index is 657. The highest BCUT2D eigenvalue weighted by Gasteiger charge is 2.21. The molecule has 122 valence electrons. The summed E-state index contributed by atoms with van der Waals surface area (Å²) >= 11 is 1.63. The Labute approximate surface area is 139 Å². The monoisotopic (exact) mass is 332 g/mol. The predicted molar refractivity (Wildman–Crippen MR) is 88.9 cm³/mol. The van der Waals surface area contributed by atoms with E-state index in [1.807, 2.05) is 35.4 Å². The van der Waals surface area contributed by atoms with Crippen molar-refractivity contribution in [2.24, 2.45) is 0 Å². The maximum absolute atomic E-state index is 12.2. The summed E-state index contributed by atoms with van der Waals surface area (Å²) in [6, 6.07) is 3.98. The van der Waals surface area contributed by atoms with Gasteiger partial charge in [-0.15, -0.1) is 11.3 Å². The molecule has 0 aromatic carbocycles. The highest BCUT2D eigenvalue weighted by molar-refractivity contribution is 7.10. The first-order valence-corrected chi connectivity index (χ1v) is 8.67. The highest BCUT2D eigenvalue weighted by atomic mass is 32.1. The minimum Gasteiger partial charge on any atom is -0.338 e. The SMILES string of the molecule is CCc1noc(CN2CCN(C(=O)C=Cc3cccs3)CC2)n1. The van der Waals surface area contributed by atoms with Crippen molar-refractivity contribution in [2.45, 2.75) is 19.9 Å². The van der Waals surface area contributed by atoms with E-state index in [1.165, 1.54) is 0 Å². The number of hydrogen-bond donors (Lipinski definition) is 0. The van der Waals surface area contributed by atoms with Gasteiger partial charge < -0.3 is 9.42 Å². The van der Waals surface area contributed by atoms with Crippen LogP contribution in [0.25, 0.3) is 6.08 Å². The van der Waals surface area contributed by atoms with Crippen molar-refractivity contribution in [3.05, 3.63) is 40.2 Å². The van der Waals surface area contributed by atoms with Gasteiger partial charge in [-0.1, -0.05) is 18.1 Å². The Morgan fingerprint density at radius 2 is 2.22 bits per heavy atom. The Kier molecular flexibility index (Phi) is 5.19. The number of rotatable bonds is 5. The third kappa shape index (κ3) is 4.27. The van der Waals surface area contributed by atoms with Crippen LogP contribution in [0.1, 0.15) is 23.5 Å². The van der Waals surface area contributed by atoms with Crippen molar-refractivity contribution in [3.63, 3.8) is 0 Å². The standard InChI is InChI=1S/C16H20N4O2S/c1-2-14-17-15(22-18-14)12-19-7-9-20(10-8-19)16(21)6-5-13-4-3-11-23-13/h3-6,11H,2,7-10,12H2,1H3. The fourth-order valence-electron chi connectivity index (χ4n) is 2.46. The predicted octanol–water partition coefficient (Wildman–Crippen LogP) is 2.05. The number of hydrogen-bond acceptors (Lipinski definition) is 6. The van der Waals surface area contributed by atoms with E-state index in [0.29, 0.717) is 12.4 Å². The van der Waals surface area contributed by atoms with Crippen molar-refractivity contribution in [1.82, 2.24) is 19.9 Å². The van der Waals surface area contributed by atoms with Gasteiger partial charge in [0.05, 0.1) is 6.54 Å². The number of aryl methyl sites for hydroxylation is 1. The molecule has 1 amide bonds. The Balaban J connectivity index is 1.47. The lowest BCUT2D eigenvalue weighted by atomic mass is 10.3. The maximum Gasteiger partial charge on any atom is 0.246 e. The third-order valence-corrected chi connectivity index (χ3v) is 4.64. The summed E-state index contributed by atoms with van der Waals surface area (Å²) in [5.74, 6) is 1.47. The van der Waals surface area contributed by atoms with Crippen LogP contribution in [0.3, 0.4) is 0 Å². The van der Waals surface area contributed by atoms with E-state index < -0.39 is 0 Å². The van der Waals surface area contributed by atoms with E-state index in [1.54, 1.807) is 17.4 Å². The first-order valence-electron chi connectivity index (χ1n) is 7.79. The van der Waals surface area contributed by atoms with Crippen molar-refractivity contribution in [3.8, 4) is 0 Å². The number of nitrogens with zero attached hydrogens (tertiary/aromatic N) is 4. The minimum absolute atomic E-state index is 0.0732. The lowest BCUT2D eigenvalue weighted by molar-refractivity contribution is -0.127. The zero-order valence-electron chi connectivity index (χ0n) is 13.1. The molecule has 0 N–H and O–H groups in total. The molecule has 1 aliphatic heterocycles. The van der Waals surface area contributed by atoms with Gasteiger partial charge in [0.15, 0.2) is 5.82 Å². The van der Waals surface area contributed by atoms with Crippen molar-refractivity contribution >= 4 is 23.3 Å². The Hall–Kier alpha value is -1.99. The summed E-state index contributed by atoms with van der Waals surface area (Å²) in [6.07, 6.45) is 4.32. The van der Waals surface area contributed by atoms with Gasteiger partial charge in [0.1, 0.15) is 0 Å². The minimum atomic E-state index is 0.0732. The Morgan fingerprint density at radius 3 is 2.87 bits per heavy atom. The summed E-state index contributed by atoms with van der Waals surface area (Å²) in [5, 5.41) is 5.91. The lowest BCUT2D eigenvalue weighted by Gasteiger charge is -2.33. The van der Waals surface area contributed by atoms with Crippen LogP contribution in [0.15, 0.2) is 28.1 Å². The number of piperazine rings is 1. The molecule has 1 saturated heterocycles. The van der Waals surface area contributed by atoms with Gasteiger partial charge in [-0.3, -0.25) is 9.69 Å². The molecule has 3 rings (SSSR count). The molecule has 3 heterocycles. The van der Waals surface area contributed by atoms with Crippen LogP contribution >= 0.6 is 11.3 Å². The Morgan fingerprint density at radius 1 is 1.39 bits per heavy atom. The smallest absolute Gasteiger partial charge is 0.246 e. The van der Waals surface area contributed by atoms with Crippen molar-refractivity contribution in [1.29, 1.82) is 0 Å². The van der Waals surface area contributed by atoms with Crippen LogP contribution < -0.4 is 0 Å². The molecule has 6 nitrogen and oxygen atoms in total. The van der Waals surface area contributed by atoms with Crippen LogP contribution in [0.2, 0.25) is 0 Å². The molecular weight excluding hydrogens is 312 g/mol. The van der Waals surface area contributed by atoms with Crippen LogP contribution in [-0.2, 0) is 17.8 Å². The van der Waals surface area contributed by atoms with Crippen LogP contribution in [-0.4, -0.2) is 52.0 Å². The zero-order chi connectivity index (χ0) is 16.1. The first-order chi connectivity index (χ1) is 11.2. The molecule has 0 spiro atoms. The van der Waals surface area contributed by atoms with Gasteiger partial charge in [0.25, 0.3) is 0 Å². The lowest BCUT2D eigenvalue weighted by Crippen LogP contribution is -2.47. The third-order valence-electron chi connectivity index (χ3n) is 3.80. The van der Waals surface area contributed by atoms with E-state index >= 15 is 0 Å². The second-order valence-corrected chi connectivity index (χ2v) is 6.39. The van der Waals surface area contributed by atoms with Crippen molar-refractivity contribution in [2.75, 3.05) is 26.2 Å². The first kappa shape index (κ1) is 15.9. The summed E-state index contributed by atoms with van der Waals surface area (Å²) in [6.45, 7) is 5.75. The molecule has 1 aliphatic rings. The molecule has 23 heavy (non-hydrogen) atoms. The van der Waals surface area contributed by atoms with Crippen molar-refractivity contribution < 1.29 is 9.32 Å². The van der Waals surface area contributed by atoms with Gasteiger partial charge in [0.2, 0.25) is 11.8 Å². The molecule has 0 unspecified atom stereocenters. The van der Waals surface area contributed by atoms with Crippen LogP contribution in [0.5, 0.6) is 0 Å². The molecule has 0 aliphatic carbocycles. The molecule has 0 saturated carbocycles. The summed E-state index contributed by atoms with van der Waals surface area (Å²) in [5.41, 5.74) is 0. The quantitative estimate of drug-likeness (QED) is 0.784. The van der Waals surface area contributed by atoms with Gasteiger partial charge in [-0.2, -0.15) is 4.98 Å². The number of aromatic nitrogens is 2. The van der Waals surface area contributed by atoms with E-state index in [0.717, 1.165) is 43.3 Å². The second-order valence-electron chi connectivity index (χ2n) is 5.41. The molecule has 0 atom stereocenters. The molecule has 0 bridgehead atoms. The van der Waals surface area contributed by atoms with Gasteiger partial charge in [-0.05, 0) is 17.5 Å². The number of amides is 1. The van der Waals surface area contributed by atoms with E-state index in [4.69, 9.17) is 4.52 Å². The molecule has 2 aromatic heterocycles. The topological polar surface area (TPSA) is 62.5 Å². The zero-order valence-corrected chi connectivity index (χ0v) is 14.0. The van der Waals surface area contributed by atoms with E-state index in [2.05, 4.69) is 15.0 Å². The van der Waals surface area contributed by atoms with Gasteiger partial charge >= 0.3 is 0 Å². The fraction of sp³-hybridized carbons (Fsp3) is 0.438. The number of thiophene rings is 1. The second kappa shape index (κ2) is 7.52. The fourth-order valence-corrected chi connectivity index (χ4v) is 3.08. The molecule has 1 fully saturated rings. The maximum atomic E-state index is 12.2. The van der Waals surface area contributed by atoms with E-state index in [-0.39, 0.29) is 5.91 Å². The van der Waals surface area contributed by atoms with Gasteiger partial charge in [-0.25, -0.2) is 0 Å². The number of carbonyl (C=O) groups excluding carboxylic acids is 1. The van der Waals surface area contributed by atoms with Crippen LogP contribution in [0.4, 0.5) is 0 Å². The van der Waals surface area contributed by atoms with Crippen LogP contribution in [0, 0.1) is 0 Å².